The van der Waals surface area contributed by atoms with Crippen molar-refractivity contribution in [2.45, 2.75) is 12.5 Å². The minimum Gasteiger partial charge on any atom is -0.384 e. The van der Waals surface area contributed by atoms with Gasteiger partial charge in [0, 0.05) is 17.6 Å². The zero-order valence-electron chi connectivity index (χ0n) is 11.7. The number of halogens is 1. The van der Waals surface area contributed by atoms with Gasteiger partial charge in [-0.1, -0.05) is 29.8 Å². The van der Waals surface area contributed by atoms with E-state index in [4.69, 9.17) is 11.6 Å². The monoisotopic (exact) mass is 309 g/mol. The molecule has 21 heavy (non-hydrogen) atoms. The zero-order valence-corrected chi connectivity index (χ0v) is 12.4. The summed E-state index contributed by atoms with van der Waals surface area (Å²) >= 11 is 6.05. The van der Waals surface area contributed by atoms with Crippen molar-refractivity contribution in [3.8, 4) is 0 Å². The van der Waals surface area contributed by atoms with Crippen LogP contribution in [-0.4, -0.2) is 32.4 Å². The molecule has 0 aliphatic heterocycles. The van der Waals surface area contributed by atoms with Gasteiger partial charge in [-0.2, -0.15) is 10.1 Å². The highest BCUT2D eigenvalue weighted by molar-refractivity contribution is 6.31. The Morgan fingerprint density at radius 2 is 2.19 bits per heavy atom. The van der Waals surface area contributed by atoms with Gasteiger partial charge in [0.1, 0.15) is 11.9 Å². The molecule has 1 atom stereocenters. The number of aliphatic hydroxyl groups is 1. The summed E-state index contributed by atoms with van der Waals surface area (Å²) in [6.45, 7) is 1.58. The normalized spacial score (nSPS) is 13.5. The molecule has 2 aromatic rings. The van der Waals surface area contributed by atoms with Crippen LogP contribution >= 0.6 is 11.6 Å². The number of aryl methyl sites for hydroxylation is 1. The Balaban J connectivity index is 1.97. The fourth-order valence-corrected chi connectivity index (χ4v) is 2.14. The lowest BCUT2D eigenvalue weighted by molar-refractivity contribution is 0.0600. The van der Waals surface area contributed by atoms with Gasteiger partial charge >= 0.3 is 6.03 Å². The molecule has 0 spiro atoms. The summed E-state index contributed by atoms with van der Waals surface area (Å²) < 4.78 is 1.42. The molecule has 112 valence electrons. The fourth-order valence-electron chi connectivity index (χ4n) is 1.80. The average molecular weight is 310 g/mol. The maximum Gasteiger partial charge on any atom is 0.321 e. The van der Waals surface area contributed by atoms with Crippen molar-refractivity contribution >= 4 is 23.6 Å². The van der Waals surface area contributed by atoms with Crippen molar-refractivity contribution in [2.24, 2.45) is 7.05 Å². The molecule has 0 aliphatic carbocycles. The predicted molar refractivity (Wildman–Crippen MR) is 79.0 cm³/mol. The topological polar surface area (TPSA) is 92.1 Å². The standard InChI is InChI=1S/C13H16ClN5O2/c1-13(21,9-5-3-4-6-10(9)14)7-15-12(20)18-11-16-8-17-19(11)2/h3-6,8,21H,7H2,1-2H3,(H2,15,16,17,18,20)/t13-/m0/s1. The molecule has 8 heteroatoms. The molecule has 0 fully saturated rings. The molecule has 1 heterocycles. The molecule has 0 saturated carbocycles. The third kappa shape index (κ3) is 3.71. The third-order valence-electron chi connectivity index (χ3n) is 2.98. The van der Waals surface area contributed by atoms with E-state index in [1.165, 1.54) is 11.0 Å². The first-order chi connectivity index (χ1) is 9.90. The van der Waals surface area contributed by atoms with Crippen LogP contribution in [0.4, 0.5) is 10.7 Å². The molecule has 0 bridgehead atoms. The van der Waals surface area contributed by atoms with Crippen molar-refractivity contribution < 1.29 is 9.90 Å². The first kappa shape index (κ1) is 15.3. The van der Waals surface area contributed by atoms with Crippen molar-refractivity contribution in [3.05, 3.63) is 41.2 Å². The van der Waals surface area contributed by atoms with E-state index in [9.17, 15) is 9.90 Å². The van der Waals surface area contributed by atoms with E-state index in [2.05, 4.69) is 20.7 Å². The minimum absolute atomic E-state index is 0.000415. The number of carbonyl (C=O) groups is 1. The van der Waals surface area contributed by atoms with E-state index in [0.29, 0.717) is 16.5 Å². The Morgan fingerprint density at radius 1 is 1.48 bits per heavy atom. The lowest BCUT2D eigenvalue weighted by atomic mass is 9.96. The van der Waals surface area contributed by atoms with Crippen LogP contribution in [0.1, 0.15) is 12.5 Å². The Morgan fingerprint density at radius 3 is 2.81 bits per heavy atom. The van der Waals surface area contributed by atoms with Gasteiger partial charge in [-0.3, -0.25) is 5.32 Å². The average Bonchev–Trinajstić information content (AvgIpc) is 2.82. The Hall–Kier alpha value is -2.12. The van der Waals surface area contributed by atoms with E-state index in [1.807, 2.05) is 0 Å². The van der Waals surface area contributed by atoms with E-state index in [-0.39, 0.29) is 6.54 Å². The quantitative estimate of drug-likeness (QED) is 0.798. The molecule has 0 saturated heterocycles. The van der Waals surface area contributed by atoms with Gasteiger partial charge in [-0.05, 0) is 13.0 Å². The summed E-state index contributed by atoms with van der Waals surface area (Å²) in [5.74, 6) is 0.310. The fraction of sp³-hybridized carbons (Fsp3) is 0.308. The van der Waals surface area contributed by atoms with Crippen LogP contribution in [0.25, 0.3) is 0 Å². The first-order valence-electron chi connectivity index (χ1n) is 6.26. The number of hydrogen-bond donors (Lipinski definition) is 3. The van der Waals surface area contributed by atoms with Crippen LogP contribution in [0.3, 0.4) is 0 Å². The Kier molecular flexibility index (Phi) is 4.44. The minimum atomic E-state index is -1.28. The molecular formula is C13H16ClN5O2. The largest absolute Gasteiger partial charge is 0.384 e. The van der Waals surface area contributed by atoms with Gasteiger partial charge in [0.05, 0.1) is 6.54 Å². The molecule has 1 aromatic heterocycles. The summed E-state index contributed by atoms with van der Waals surface area (Å²) in [4.78, 5) is 15.6. The van der Waals surface area contributed by atoms with Crippen LogP contribution < -0.4 is 10.6 Å². The maximum atomic E-state index is 11.8. The number of urea groups is 1. The summed E-state index contributed by atoms with van der Waals surface area (Å²) in [6, 6.07) is 6.46. The van der Waals surface area contributed by atoms with Gasteiger partial charge in [0.2, 0.25) is 5.95 Å². The molecule has 2 amide bonds. The number of nitrogens with one attached hydrogen (secondary N) is 2. The highest BCUT2D eigenvalue weighted by Gasteiger charge is 2.26. The molecular weight excluding hydrogens is 294 g/mol. The molecule has 2 rings (SSSR count). The molecule has 3 N–H and O–H groups in total. The predicted octanol–water partition coefficient (Wildman–Crippen LogP) is 1.50. The van der Waals surface area contributed by atoms with Crippen molar-refractivity contribution in [3.63, 3.8) is 0 Å². The highest BCUT2D eigenvalue weighted by atomic mass is 35.5. The Labute approximate surface area is 126 Å². The van der Waals surface area contributed by atoms with Crippen LogP contribution in [0, 0.1) is 0 Å². The van der Waals surface area contributed by atoms with Gasteiger partial charge in [-0.25, -0.2) is 9.48 Å². The molecule has 0 radical (unpaired) electrons. The van der Waals surface area contributed by atoms with Gasteiger partial charge in [-0.15, -0.1) is 0 Å². The van der Waals surface area contributed by atoms with Crippen LogP contribution in [0.5, 0.6) is 0 Å². The third-order valence-corrected chi connectivity index (χ3v) is 3.31. The van der Waals surface area contributed by atoms with Crippen LogP contribution in [0.15, 0.2) is 30.6 Å². The number of benzene rings is 1. The lowest BCUT2D eigenvalue weighted by Gasteiger charge is -2.25. The molecule has 1 aromatic carbocycles. The van der Waals surface area contributed by atoms with Crippen LogP contribution in [0.2, 0.25) is 5.02 Å². The van der Waals surface area contributed by atoms with E-state index in [0.717, 1.165) is 0 Å². The number of amides is 2. The summed E-state index contributed by atoms with van der Waals surface area (Å²) in [7, 11) is 1.66. The molecule has 7 nitrogen and oxygen atoms in total. The lowest BCUT2D eigenvalue weighted by Crippen LogP contribution is -2.41. The SMILES string of the molecule is Cn1ncnc1NC(=O)NC[C@](C)(O)c1ccccc1Cl. The summed E-state index contributed by atoms with van der Waals surface area (Å²) in [5.41, 5.74) is -0.735. The van der Waals surface area contributed by atoms with Crippen LogP contribution in [-0.2, 0) is 12.6 Å². The number of hydrogen-bond acceptors (Lipinski definition) is 4. The van der Waals surface area contributed by atoms with Crippen molar-refractivity contribution in [1.82, 2.24) is 20.1 Å². The second-order valence-electron chi connectivity index (χ2n) is 4.77. The number of nitrogens with zero attached hydrogens (tertiary/aromatic N) is 3. The van der Waals surface area contributed by atoms with Crippen molar-refractivity contribution in [1.29, 1.82) is 0 Å². The van der Waals surface area contributed by atoms with Gasteiger partial charge in [0.25, 0.3) is 0 Å². The highest BCUT2D eigenvalue weighted by Crippen LogP contribution is 2.27. The van der Waals surface area contributed by atoms with E-state index >= 15 is 0 Å². The van der Waals surface area contributed by atoms with Gasteiger partial charge in [0.15, 0.2) is 0 Å². The Bertz CT molecular complexity index is 641. The number of rotatable bonds is 4. The summed E-state index contributed by atoms with van der Waals surface area (Å²) in [6.07, 6.45) is 1.33. The number of anilines is 1. The van der Waals surface area contributed by atoms with E-state index < -0.39 is 11.6 Å². The second-order valence-corrected chi connectivity index (χ2v) is 5.18. The summed E-state index contributed by atoms with van der Waals surface area (Å²) in [5, 5.41) is 19.8. The van der Waals surface area contributed by atoms with Crippen molar-refractivity contribution in [2.75, 3.05) is 11.9 Å². The number of carbonyl (C=O) groups excluding carboxylic acids is 1. The van der Waals surface area contributed by atoms with E-state index in [1.54, 1.807) is 38.2 Å². The second kappa shape index (κ2) is 6.11. The smallest absolute Gasteiger partial charge is 0.321 e. The van der Waals surface area contributed by atoms with Gasteiger partial charge < -0.3 is 10.4 Å². The first-order valence-corrected chi connectivity index (χ1v) is 6.64. The number of aromatic nitrogens is 3. The molecule has 0 unspecified atom stereocenters. The zero-order chi connectivity index (χ0) is 15.5. The molecule has 0 aliphatic rings. The maximum absolute atomic E-state index is 11.8.